The minimum atomic E-state index is -2.90. The van der Waals surface area contributed by atoms with Crippen LogP contribution in [0.3, 0.4) is 0 Å². The van der Waals surface area contributed by atoms with Crippen LogP contribution in [-0.4, -0.2) is 46.3 Å². The van der Waals surface area contributed by atoms with Crippen LogP contribution in [0.4, 0.5) is 8.78 Å². The molecule has 25 heavy (non-hydrogen) atoms. The molecule has 2 saturated heterocycles. The fourth-order valence-corrected chi connectivity index (χ4v) is 4.34. The molecule has 1 aromatic heterocycles. The summed E-state index contributed by atoms with van der Waals surface area (Å²) < 4.78 is 31.4. The third-order valence-electron chi connectivity index (χ3n) is 5.56. The Morgan fingerprint density at radius 1 is 1.28 bits per heavy atom. The smallest absolute Gasteiger partial charge is 0.387 e. The lowest BCUT2D eigenvalue weighted by Crippen LogP contribution is -2.40. The molecule has 1 amide bonds. The van der Waals surface area contributed by atoms with Gasteiger partial charge in [0.25, 0.3) is 5.91 Å². The second-order valence-electron chi connectivity index (χ2n) is 6.89. The van der Waals surface area contributed by atoms with Crippen LogP contribution in [-0.2, 0) is 0 Å². The van der Waals surface area contributed by atoms with E-state index in [9.17, 15) is 13.6 Å². The lowest BCUT2D eigenvalue weighted by atomic mass is 9.98. The molecule has 0 saturated carbocycles. The zero-order chi connectivity index (χ0) is 17.7. The summed E-state index contributed by atoms with van der Waals surface area (Å²) in [5.41, 5.74) is 6.24. The zero-order valence-electron chi connectivity index (χ0n) is 13.9. The summed E-state index contributed by atoms with van der Waals surface area (Å²) in [7, 11) is 2.14. The maximum Gasteiger partial charge on any atom is 0.387 e. The summed E-state index contributed by atoms with van der Waals surface area (Å²) in [4.78, 5) is 14.2. The Labute approximate surface area is 143 Å². The third kappa shape index (κ3) is 2.74. The third-order valence-corrected chi connectivity index (χ3v) is 5.56. The summed E-state index contributed by atoms with van der Waals surface area (Å²) in [6, 6.07) is 5.58. The predicted octanol–water partition coefficient (Wildman–Crippen LogP) is 2.53. The Hall–Kier alpha value is -2.22. The van der Waals surface area contributed by atoms with Gasteiger partial charge in [0.05, 0.1) is 11.6 Å². The number of hydrogen-bond donors (Lipinski definition) is 1. The Kier molecular flexibility index (Phi) is 3.87. The molecule has 134 valence electrons. The van der Waals surface area contributed by atoms with Crippen molar-refractivity contribution in [3.63, 3.8) is 0 Å². The van der Waals surface area contributed by atoms with Gasteiger partial charge in [-0.05, 0) is 44.9 Å². The number of halogens is 2. The number of ether oxygens (including phenoxy) is 1. The Morgan fingerprint density at radius 2 is 1.96 bits per heavy atom. The van der Waals surface area contributed by atoms with Crippen LogP contribution in [0.5, 0.6) is 5.75 Å². The van der Waals surface area contributed by atoms with Crippen molar-refractivity contribution in [3.05, 3.63) is 23.9 Å². The molecular formula is C17H20F2N4O2. The number of amides is 1. The van der Waals surface area contributed by atoms with E-state index in [1.54, 1.807) is 10.7 Å². The van der Waals surface area contributed by atoms with Gasteiger partial charge in [-0.3, -0.25) is 9.48 Å². The molecular weight excluding hydrogens is 330 g/mol. The van der Waals surface area contributed by atoms with Gasteiger partial charge in [0.1, 0.15) is 5.75 Å². The summed E-state index contributed by atoms with van der Waals surface area (Å²) in [6.07, 6.45) is 4.14. The molecule has 8 heteroatoms. The minimum absolute atomic E-state index is 0.0515. The molecule has 0 aliphatic carbocycles. The van der Waals surface area contributed by atoms with Crippen molar-refractivity contribution in [2.75, 3.05) is 7.05 Å². The van der Waals surface area contributed by atoms with Gasteiger partial charge in [-0.2, -0.15) is 13.9 Å². The van der Waals surface area contributed by atoms with Crippen LogP contribution in [0, 0.1) is 0 Å². The normalized spacial score (nSPS) is 26.5. The van der Waals surface area contributed by atoms with E-state index < -0.39 is 12.5 Å². The predicted molar refractivity (Wildman–Crippen MR) is 87.7 cm³/mol. The number of rotatable bonds is 4. The highest BCUT2D eigenvalue weighted by molar-refractivity contribution is 6.04. The molecule has 6 nitrogen and oxygen atoms in total. The number of alkyl halides is 2. The van der Waals surface area contributed by atoms with E-state index in [1.807, 2.05) is 0 Å². The van der Waals surface area contributed by atoms with Gasteiger partial charge < -0.3 is 15.4 Å². The number of piperidine rings is 1. The summed E-state index contributed by atoms with van der Waals surface area (Å²) >= 11 is 0. The van der Waals surface area contributed by atoms with Crippen molar-refractivity contribution in [3.8, 4) is 5.75 Å². The zero-order valence-corrected chi connectivity index (χ0v) is 13.9. The summed E-state index contributed by atoms with van der Waals surface area (Å²) in [5.74, 6) is -0.572. The van der Waals surface area contributed by atoms with Crippen LogP contribution in [0.25, 0.3) is 10.9 Å². The van der Waals surface area contributed by atoms with Gasteiger partial charge >= 0.3 is 6.61 Å². The molecule has 2 unspecified atom stereocenters. The minimum Gasteiger partial charge on any atom is -0.435 e. The highest BCUT2D eigenvalue weighted by atomic mass is 19.3. The van der Waals surface area contributed by atoms with Crippen molar-refractivity contribution in [2.45, 2.75) is 50.4 Å². The monoisotopic (exact) mass is 350 g/mol. The maximum atomic E-state index is 12.5. The molecule has 3 heterocycles. The molecule has 2 aliphatic heterocycles. The Balaban J connectivity index is 1.78. The van der Waals surface area contributed by atoms with E-state index in [4.69, 9.17) is 5.73 Å². The van der Waals surface area contributed by atoms with Gasteiger partial charge in [-0.15, -0.1) is 0 Å². The Bertz CT molecular complexity index is 808. The molecule has 2 atom stereocenters. The van der Waals surface area contributed by atoms with Gasteiger partial charge in [0, 0.05) is 23.5 Å². The van der Waals surface area contributed by atoms with Crippen molar-refractivity contribution < 1.29 is 18.3 Å². The summed E-state index contributed by atoms with van der Waals surface area (Å²) in [6.45, 7) is -2.90. The number of aromatic nitrogens is 2. The van der Waals surface area contributed by atoms with Crippen LogP contribution < -0.4 is 10.5 Å². The fraction of sp³-hybridized carbons (Fsp3) is 0.529. The first-order valence-electron chi connectivity index (χ1n) is 8.43. The van der Waals surface area contributed by atoms with E-state index in [1.165, 1.54) is 12.1 Å². The van der Waals surface area contributed by atoms with E-state index in [-0.39, 0.29) is 17.5 Å². The highest BCUT2D eigenvalue weighted by Crippen LogP contribution is 2.41. The van der Waals surface area contributed by atoms with E-state index in [2.05, 4.69) is 21.8 Å². The topological polar surface area (TPSA) is 73.4 Å². The number of primary amides is 1. The molecule has 4 rings (SSSR count). The first-order valence-corrected chi connectivity index (χ1v) is 8.43. The Morgan fingerprint density at radius 3 is 2.56 bits per heavy atom. The van der Waals surface area contributed by atoms with E-state index in [0.717, 1.165) is 25.7 Å². The van der Waals surface area contributed by atoms with Crippen molar-refractivity contribution in [1.29, 1.82) is 0 Å². The SMILES string of the molecule is CN1C2CCC1CC(n1nc(C(N)=O)c3ccc(OC(F)F)cc31)C2. The lowest BCUT2D eigenvalue weighted by Gasteiger charge is -2.36. The highest BCUT2D eigenvalue weighted by Gasteiger charge is 2.40. The van der Waals surface area contributed by atoms with Crippen LogP contribution in [0.15, 0.2) is 18.2 Å². The number of nitrogens with two attached hydrogens (primary N) is 1. The van der Waals surface area contributed by atoms with Gasteiger partial charge in [-0.25, -0.2) is 0 Å². The molecule has 2 bridgehead atoms. The molecule has 2 aliphatic rings. The van der Waals surface area contributed by atoms with Gasteiger partial charge in [-0.1, -0.05) is 0 Å². The van der Waals surface area contributed by atoms with Crippen molar-refractivity contribution in [2.24, 2.45) is 5.73 Å². The first-order chi connectivity index (χ1) is 11.9. The fourth-order valence-electron chi connectivity index (χ4n) is 4.34. The number of hydrogen-bond acceptors (Lipinski definition) is 4. The largest absolute Gasteiger partial charge is 0.435 e. The first kappa shape index (κ1) is 16.3. The number of fused-ring (bicyclic) bond motifs is 3. The molecule has 1 aromatic carbocycles. The summed E-state index contributed by atoms with van der Waals surface area (Å²) in [5, 5.41) is 5.00. The standard InChI is InChI=1S/C17H20F2N4O2/c1-22-9-2-3-10(22)7-11(6-9)23-14-8-12(25-17(18)19)4-5-13(14)15(21-23)16(20)24/h4-5,8-11,17H,2-3,6-7H2,1H3,(H2,20,24). The molecule has 0 radical (unpaired) electrons. The van der Waals surface area contributed by atoms with Crippen molar-refractivity contribution in [1.82, 2.24) is 14.7 Å². The van der Waals surface area contributed by atoms with Gasteiger partial charge in [0.2, 0.25) is 0 Å². The van der Waals surface area contributed by atoms with Crippen LogP contribution in [0.1, 0.15) is 42.2 Å². The average Bonchev–Trinajstić information content (AvgIpc) is 2.99. The molecule has 2 N–H and O–H groups in total. The van der Waals surface area contributed by atoms with E-state index in [0.29, 0.717) is 23.0 Å². The van der Waals surface area contributed by atoms with Crippen LogP contribution >= 0.6 is 0 Å². The van der Waals surface area contributed by atoms with Crippen LogP contribution in [0.2, 0.25) is 0 Å². The molecule has 0 spiro atoms. The number of nitrogens with zero attached hydrogens (tertiary/aromatic N) is 3. The van der Waals surface area contributed by atoms with E-state index >= 15 is 0 Å². The second-order valence-corrected chi connectivity index (χ2v) is 6.89. The van der Waals surface area contributed by atoms with Crippen molar-refractivity contribution >= 4 is 16.8 Å². The second kappa shape index (κ2) is 5.94. The number of carbonyl (C=O) groups is 1. The van der Waals surface area contributed by atoms with Gasteiger partial charge in [0.15, 0.2) is 5.69 Å². The average molecular weight is 350 g/mol. The quantitative estimate of drug-likeness (QED) is 0.920. The molecule has 2 aromatic rings. The number of benzene rings is 1. The maximum absolute atomic E-state index is 12.5. The number of carbonyl (C=O) groups excluding carboxylic acids is 1. The lowest BCUT2D eigenvalue weighted by molar-refractivity contribution is -0.0497. The molecule has 2 fully saturated rings.